The van der Waals surface area contributed by atoms with E-state index in [4.69, 9.17) is 5.73 Å². The molecule has 0 bridgehead atoms. The Morgan fingerprint density at radius 3 is 3.00 bits per heavy atom. The van der Waals surface area contributed by atoms with Crippen molar-refractivity contribution in [2.75, 3.05) is 11.1 Å². The Labute approximate surface area is 76.2 Å². The summed E-state index contributed by atoms with van der Waals surface area (Å²) in [6.45, 7) is 0. The first-order valence-corrected chi connectivity index (χ1v) is 4.29. The summed E-state index contributed by atoms with van der Waals surface area (Å²) >= 11 is 0. The summed E-state index contributed by atoms with van der Waals surface area (Å²) in [7, 11) is 0. The van der Waals surface area contributed by atoms with E-state index in [9.17, 15) is 4.79 Å². The number of hydrogen-bond donors (Lipinski definition) is 2. The van der Waals surface area contributed by atoms with Crippen LogP contribution < -0.4 is 11.1 Å². The first-order valence-electron chi connectivity index (χ1n) is 4.29. The Morgan fingerprint density at radius 2 is 2.38 bits per heavy atom. The Morgan fingerprint density at radius 1 is 1.62 bits per heavy atom. The van der Waals surface area contributed by atoms with Gasteiger partial charge in [0, 0.05) is 12.1 Å². The number of aromatic nitrogens is 1. The number of amides is 1. The standard InChI is InChI=1S/C9H11N3O/c10-7-2-1-5-11-8(7)12-9(13)6-3-4-6/h1-2,5-6H,3-4,10H2,(H,11,12,13). The molecule has 1 fully saturated rings. The molecule has 0 unspecified atom stereocenters. The van der Waals surface area contributed by atoms with Crippen LogP contribution in [-0.2, 0) is 4.79 Å². The molecule has 0 radical (unpaired) electrons. The highest BCUT2D eigenvalue weighted by Crippen LogP contribution is 2.30. The molecule has 4 heteroatoms. The molecule has 0 aromatic carbocycles. The zero-order valence-corrected chi connectivity index (χ0v) is 7.16. The summed E-state index contributed by atoms with van der Waals surface area (Å²) in [5.74, 6) is 0.686. The number of anilines is 2. The maximum Gasteiger partial charge on any atom is 0.228 e. The van der Waals surface area contributed by atoms with Crippen molar-refractivity contribution in [1.29, 1.82) is 0 Å². The number of carbonyl (C=O) groups is 1. The molecule has 0 spiro atoms. The van der Waals surface area contributed by atoms with E-state index in [1.165, 1.54) is 0 Å². The van der Waals surface area contributed by atoms with Crippen molar-refractivity contribution in [2.45, 2.75) is 12.8 Å². The third-order valence-corrected chi connectivity index (χ3v) is 2.03. The van der Waals surface area contributed by atoms with Gasteiger partial charge in [-0.1, -0.05) is 0 Å². The van der Waals surface area contributed by atoms with E-state index in [2.05, 4.69) is 10.3 Å². The fourth-order valence-corrected chi connectivity index (χ4v) is 1.09. The van der Waals surface area contributed by atoms with Gasteiger partial charge < -0.3 is 11.1 Å². The van der Waals surface area contributed by atoms with Crippen LogP contribution >= 0.6 is 0 Å². The van der Waals surface area contributed by atoms with E-state index in [-0.39, 0.29) is 11.8 Å². The SMILES string of the molecule is Nc1cccnc1NC(=O)C1CC1. The number of carbonyl (C=O) groups excluding carboxylic acids is 1. The highest BCUT2D eigenvalue weighted by atomic mass is 16.2. The monoisotopic (exact) mass is 177 g/mol. The molecule has 1 saturated carbocycles. The van der Waals surface area contributed by atoms with Crippen molar-refractivity contribution in [2.24, 2.45) is 5.92 Å². The van der Waals surface area contributed by atoms with Crippen LogP contribution in [0.25, 0.3) is 0 Å². The van der Waals surface area contributed by atoms with Gasteiger partial charge in [-0.3, -0.25) is 4.79 Å². The molecule has 0 saturated heterocycles. The molecular formula is C9H11N3O. The highest BCUT2D eigenvalue weighted by Gasteiger charge is 2.29. The van der Waals surface area contributed by atoms with Gasteiger partial charge >= 0.3 is 0 Å². The Kier molecular flexibility index (Phi) is 1.88. The molecule has 1 aromatic heterocycles. The van der Waals surface area contributed by atoms with Crippen molar-refractivity contribution in [1.82, 2.24) is 4.98 Å². The summed E-state index contributed by atoms with van der Waals surface area (Å²) in [4.78, 5) is 15.3. The third-order valence-electron chi connectivity index (χ3n) is 2.03. The van der Waals surface area contributed by atoms with Crippen LogP contribution in [0.15, 0.2) is 18.3 Å². The average molecular weight is 177 g/mol. The van der Waals surface area contributed by atoms with Gasteiger partial charge in [-0.2, -0.15) is 0 Å². The van der Waals surface area contributed by atoms with Gasteiger partial charge in [-0.15, -0.1) is 0 Å². The minimum Gasteiger partial charge on any atom is -0.396 e. The van der Waals surface area contributed by atoms with Crippen LogP contribution in [0.1, 0.15) is 12.8 Å². The number of nitrogens with one attached hydrogen (secondary N) is 1. The first kappa shape index (κ1) is 8.04. The maximum atomic E-state index is 11.3. The summed E-state index contributed by atoms with van der Waals surface area (Å²) < 4.78 is 0. The molecule has 3 N–H and O–H groups in total. The van der Waals surface area contributed by atoms with Crippen molar-refractivity contribution in [3.8, 4) is 0 Å². The summed E-state index contributed by atoms with van der Waals surface area (Å²) in [5.41, 5.74) is 6.12. The molecule has 1 aliphatic carbocycles. The second kappa shape index (κ2) is 3.05. The third kappa shape index (κ3) is 1.77. The molecule has 1 aromatic rings. The largest absolute Gasteiger partial charge is 0.396 e. The number of hydrogen-bond acceptors (Lipinski definition) is 3. The molecular weight excluding hydrogens is 166 g/mol. The molecule has 4 nitrogen and oxygen atoms in total. The molecule has 0 aliphatic heterocycles. The average Bonchev–Trinajstić information content (AvgIpc) is 2.91. The second-order valence-corrected chi connectivity index (χ2v) is 3.20. The predicted octanol–water partition coefficient (Wildman–Crippen LogP) is 1.01. The number of nitrogens with two attached hydrogens (primary N) is 1. The topological polar surface area (TPSA) is 68.0 Å². The number of pyridine rings is 1. The van der Waals surface area contributed by atoms with E-state index in [0.29, 0.717) is 11.5 Å². The number of nitrogens with zero attached hydrogens (tertiary/aromatic N) is 1. The van der Waals surface area contributed by atoms with Crippen LogP contribution in [0.5, 0.6) is 0 Å². The van der Waals surface area contributed by atoms with Crippen molar-refractivity contribution < 1.29 is 4.79 Å². The minimum atomic E-state index is 0.0328. The van der Waals surface area contributed by atoms with Crippen molar-refractivity contribution in [3.63, 3.8) is 0 Å². The molecule has 1 amide bonds. The zero-order chi connectivity index (χ0) is 9.26. The van der Waals surface area contributed by atoms with E-state index in [1.54, 1.807) is 18.3 Å². The summed E-state index contributed by atoms with van der Waals surface area (Å²) in [6.07, 6.45) is 3.58. The smallest absolute Gasteiger partial charge is 0.228 e. The van der Waals surface area contributed by atoms with Gasteiger partial charge in [0.25, 0.3) is 0 Å². The Bertz CT molecular complexity index is 333. The van der Waals surface area contributed by atoms with Crippen LogP contribution in [0, 0.1) is 5.92 Å². The summed E-state index contributed by atoms with van der Waals surface area (Å²) in [6, 6.07) is 3.46. The maximum absolute atomic E-state index is 11.3. The van der Waals surface area contributed by atoms with Crippen molar-refractivity contribution in [3.05, 3.63) is 18.3 Å². The zero-order valence-electron chi connectivity index (χ0n) is 7.16. The number of rotatable bonds is 2. The molecule has 0 atom stereocenters. The fraction of sp³-hybridized carbons (Fsp3) is 0.333. The van der Waals surface area contributed by atoms with Crippen LogP contribution in [0.2, 0.25) is 0 Å². The summed E-state index contributed by atoms with van der Waals surface area (Å²) in [5, 5.41) is 2.70. The minimum absolute atomic E-state index is 0.0328. The van der Waals surface area contributed by atoms with E-state index in [1.807, 2.05) is 0 Å². The quantitative estimate of drug-likeness (QED) is 0.708. The first-order chi connectivity index (χ1) is 6.27. The van der Waals surface area contributed by atoms with E-state index < -0.39 is 0 Å². The molecule has 1 heterocycles. The lowest BCUT2D eigenvalue weighted by molar-refractivity contribution is -0.117. The Hall–Kier alpha value is -1.58. The van der Waals surface area contributed by atoms with Gasteiger partial charge in [0.15, 0.2) is 5.82 Å². The molecule has 13 heavy (non-hydrogen) atoms. The molecule has 2 rings (SSSR count). The van der Waals surface area contributed by atoms with E-state index in [0.717, 1.165) is 12.8 Å². The predicted molar refractivity (Wildman–Crippen MR) is 50.0 cm³/mol. The fourth-order valence-electron chi connectivity index (χ4n) is 1.09. The van der Waals surface area contributed by atoms with Crippen LogP contribution in [0.3, 0.4) is 0 Å². The normalized spacial score (nSPS) is 15.4. The van der Waals surface area contributed by atoms with E-state index >= 15 is 0 Å². The van der Waals surface area contributed by atoms with Crippen LogP contribution in [0.4, 0.5) is 11.5 Å². The van der Waals surface area contributed by atoms with Crippen LogP contribution in [-0.4, -0.2) is 10.9 Å². The molecule has 68 valence electrons. The molecule has 1 aliphatic rings. The van der Waals surface area contributed by atoms with Gasteiger partial charge in [0.2, 0.25) is 5.91 Å². The highest BCUT2D eigenvalue weighted by molar-refractivity contribution is 5.95. The van der Waals surface area contributed by atoms with Crippen molar-refractivity contribution >= 4 is 17.4 Å². The second-order valence-electron chi connectivity index (χ2n) is 3.20. The lowest BCUT2D eigenvalue weighted by Gasteiger charge is -2.04. The van der Waals surface area contributed by atoms with Gasteiger partial charge in [0.05, 0.1) is 5.69 Å². The lowest BCUT2D eigenvalue weighted by Crippen LogP contribution is -2.15. The van der Waals surface area contributed by atoms with Gasteiger partial charge in [-0.25, -0.2) is 4.98 Å². The van der Waals surface area contributed by atoms with Gasteiger partial charge in [0.1, 0.15) is 0 Å². The number of nitrogen functional groups attached to an aromatic ring is 1. The lowest BCUT2D eigenvalue weighted by atomic mass is 10.3. The van der Waals surface area contributed by atoms with Gasteiger partial charge in [-0.05, 0) is 25.0 Å². The Balaban J connectivity index is 2.08.